The van der Waals surface area contributed by atoms with Crippen LogP contribution in [0.5, 0.6) is 0 Å². The molecule has 2 heterocycles. The molecule has 0 aliphatic heterocycles. The molecular weight excluding hydrogens is 320 g/mol. The summed E-state index contributed by atoms with van der Waals surface area (Å²) in [4.78, 5) is 20.1. The minimum absolute atomic E-state index is 0.200. The van der Waals surface area contributed by atoms with E-state index in [4.69, 9.17) is 10.2 Å². The zero-order valence-corrected chi connectivity index (χ0v) is 13.4. The van der Waals surface area contributed by atoms with Crippen LogP contribution in [0.25, 0.3) is 0 Å². The number of benzene rings is 1. The van der Waals surface area contributed by atoms with Gasteiger partial charge in [-0.3, -0.25) is 15.6 Å². The Morgan fingerprint density at radius 1 is 1.08 bits per heavy atom. The van der Waals surface area contributed by atoms with Crippen LogP contribution >= 0.6 is 0 Å². The number of nitrogen functional groups attached to an aromatic ring is 1. The summed E-state index contributed by atoms with van der Waals surface area (Å²) in [5, 5.41) is 3.06. The summed E-state index contributed by atoms with van der Waals surface area (Å²) in [5.74, 6) is 1.32. The fourth-order valence-corrected chi connectivity index (χ4v) is 2.17. The zero-order valence-electron chi connectivity index (χ0n) is 13.4. The highest BCUT2D eigenvalue weighted by molar-refractivity contribution is 5.81. The fraction of sp³-hybridized carbons (Fsp3) is 0.118. The van der Waals surface area contributed by atoms with Gasteiger partial charge in [0, 0.05) is 0 Å². The van der Waals surface area contributed by atoms with Crippen LogP contribution in [-0.4, -0.2) is 15.9 Å². The van der Waals surface area contributed by atoms with Gasteiger partial charge in [-0.05, 0) is 17.7 Å². The third-order valence-electron chi connectivity index (χ3n) is 3.42. The molecule has 25 heavy (non-hydrogen) atoms. The largest absolute Gasteiger partial charge is 0.467 e. The first-order valence-corrected chi connectivity index (χ1v) is 7.68. The number of anilines is 3. The number of furan rings is 1. The van der Waals surface area contributed by atoms with Crippen LogP contribution < -0.4 is 21.9 Å². The predicted molar refractivity (Wildman–Crippen MR) is 94.4 cm³/mol. The van der Waals surface area contributed by atoms with E-state index in [-0.39, 0.29) is 12.3 Å². The van der Waals surface area contributed by atoms with E-state index in [9.17, 15) is 4.79 Å². The Labute approximate surface area is 144 Å². The first-order valence-electron chi connectivity index (χ1n) is 7.68. The quantitative estimate of drug-likeness (QED) is 0.486. The Hall–Kier alpha value is -3.55. The van der Waals surface area contributed by atoms with Gasteiger partial charge in [-0.1, -0.05) is 30.3 Å². The molecule has 0 bridgehead atoms. The number of nitrogens with one attached hydrogen (secondary N) is 3. The van der Waals surface area contributed by atoms with Crippen molar-refractivity contribution in [2.75, 3.05) is 16.5 Å². The van der Waals surface area contributed by atoms with Gasteiger partial charge in [0.2, 0.25) is 5.91 Å². The van der Waals surface area contributed by atoms with Crippen LogP contribution in [0.15, 0.2) is 59.5 Å². The number of nitrogens with two attached hydrogens (primary N) is 1. The van der Waals surface area contributed by atoms with E-state index in [0.717, 1.165) is 11.3 Å². The van der Waals surface area contributed by atoms with Gasteiger partial charge in [0.05, 0.1) is 19.2 Å². The van der Waals surface area contributed by atoms with Crippen molar-refractivity contribution >= 4 is 23.2 Å². The van der Waals surface area contributed by atoms with E-state index in [2.05, 4.69) is 26.1 Å². The van der Waals surface area contributed by atoms with Crippen LogP contribution in [0.2, 0.25) is 0 Å². The highest BCUT2D eigenvalue weighted by Crippen LogP contribution is 2.22. The smallest absolute Gasteiger partial charge is 0.242 e. The van der Waals surface area contributed by atoms with E-state index < -0.39 is 0 Å². The summed E-state index contributed by atoms with van der Waals surface area (Å²) < 4.78 is 5.24. The summed E-state index contributed by atoms with van der Waals surface area (Å²) in [6.45, 7) is 0.439. The standard InChI is InChI=1S/C17H18N6O2/c18-15-16(19-10-13-7-4-8-25-13)20-11-21-17(15)23-22-14(24)9-12-5-2-1-3-6-12/h1-8,11H,9-10,18H2,(H,22,24)(H2,19,20,21,23). The summed E-state index contributed by atoms with van der Waals surface area (Å²) in [6.07, 6.45) is 3.20. The Balaban J connectivity index is 1.57. The van der Waals surface area contributed by atoms with Crippen LogP contribution in [0.4, 0.5) is 17.3 Å². The molecule has 0 saturated carbocycles. The second-order valence-corrected chi connectivity index (χ2v) is 5.25. The monoisotopic (exact) mass is 338 g/mol. The van der Waals surface area contributed by atoms with Crippen molar-refractivity contribution in [2.45, 2.75) is 13.0 Å². The molecule has 0 fully saturated rings. The lowest BCUT2D eigenvalue weighted by Gasteiger charge is -2.12. The predicted octanol–water partition coefficient (Wildman–Crippen LogP) is 1.95. The molecule has 0 spiro atoms. The number of carbonyl (C=O) groups excluding carboxylic acids is 1. The van der Waals surface area contributed by atoms with Crippen molar-refractivity contribution in [2.24, 2.45) is 0 Å². The zero-order chi connectivity index (χ0) is 17.5. The van der Waals surface area contributed by atoms with Crippen LogP contribution in [0, 0.1) is 0 Å². The highest BCUT2D eigenvalue weighted by atomic mass is 16.3. The maximum absolute atomic E-state index is 12.0. The van der Waals surface area contributed by atoms with E-state index in [0.29, 0.717) is 23.9 Å². The lowest BCUT2D eigenvalue weighted by molar-refractivity contribution is -0.119. The Morgan fingerprint density at radius 3 is 2.64 bits per heavy atom. The minimum atomic E-state index is -0.200. The minimum Gasteiger partial charge on any atom is -0.467 e. The Kier molecular flexibility index (Phi) is 5.10. The van der Waals surface area contributed by atoms with Gasteiger partial charge in [-0.2, -0.15) is 0 Å². The van der Waals surface area contributed by atoms with Crippen molar-refractivity contribution in [3.8, 4) is 0 Å². The number of hydrogen-bond acceptors (Lipinski definition) is 7. The topological polar surface area (TPSA) is 118 Å². The SMILES string of the molecule is Nc1c(NCc2ccco2)ncnc1NNC(=O)Cc1ccccc1. The van der Waals surface area contributed by atoms with Crippen molar-refractivity contribution in [3.63, 3.8) is 0 Å². The maximum Gasteiger partial charge on any atom is 0.242 e. The molecule has 0 aliphatic rings. The normalized spacial score (nSPS) is 10.2. The van der Waals surface area contributed by atoms with Gasteiger partial charge in [-0.15, -0.1) is 0 Å². The van der Waals surface area contributed by atoms with E-state index >= 15 is 0 Å². The first-order chi connectivity index (χ1) is 12.2. The molecule has 3 aromatic rings. The van der Waals surface area contributed by atoms with Crippen LogP contribution in [0.1, 0.15) is 11.3 Å². The molecule has 2 aromatic heterocycles. The fourth-order valence-electron chi connectivity index (χ4n) is 2.17. The molecule has 5 N–H and O–H groups in total. The lowest BCUT2D eigenvalue weighted by Crippen LogP contribution is -2.31. The Bertz CT molecular complexity index is 820. The second kappa shape index (κ2) is 7.82. The van der Waals surface area contributed by atoms with Crippen molar-refractivity contribution in [1.82, 2.24) is 15.4 Å². The van der Waals surface area contributed by atoms with Crippen molar-refractivity contribution in [3.05, 3.63) is 66.4 Å². The average Bonchev–Trinajstić information content (AvgIpc) is 3.14. The third-order valence-corrected chi connectivity index (χ3v) is 3.42. The number of hydrogen-bond donors (Lipinski definition) is 4. The summed E-state index contributed by atoms with van der Waals surface area (Å²) in [7, 11) is 0. The molecular formula is C17H18N6O2. The highest BCUT2D eigenvalue weighted by Gasteiger charge is 2.10. The lowest BCUT2D eigenvalue weighted by atomic mass is 10.1. The van der Waals surface area contributed by atoms with Crippen LogP contribution in [-0.2, 0) is 17.8 Å². The summed E-state index contributed by atoms with van der Waals surface area (Å²) in [6, 6.07) is 13.1. The van der Waals surface area contributed by atoms with Gasteiger partial charge < -0.3 is 15.5 Å². The molecule has 128 valence electrons. The number of aromatic nitrogens is 2. The number of carbonyl (C=O) groups is 1. The average molecular weight is 338 g/mol. The van der Waals surface area contributed by atoms with Crippen LogP contribution in [0.3, 0.4) is 0 Å². The number of amides is 1. The summed E-state index contributed by atoms with van der Waals surface area (Å²) in [5.41, 5.74) is 12.6. The van der Waals surface area contributed by atoms with Gasteiger partial charge in [0.15, 0.2) is 11.6 Å². The Morgan fingerprint density at radius 2 is 1.88 bits per heavy atom. The molecule has 0 atom stereocenters. The molecule has 0 aliphatic carbocycles. The number of nitrogens with zero attached hydrogens (tertiary/aromatic N) is 2. The molecule has 8 nitrogen and oxygen atoms in total. The van der Waals surface area contributed by atoms with E-state index in [1.165, 1.54) is 6.33 Å². The van der Waals surface area contributed by atoms with E-state index in [1.54, 1.807) is 12.3 Å². The first kappa shape index (κ1) is 16.3. The molecule has 0 radical (unpaired) electrons. The third kappa shape index (κ3) is 4.47. The van der Waals surface area contributed by atoms with E-state index in [1.807, 2.05) is 36.4 Å². The summed E-state index contributed by atoms with van der Waals surface area (Å²) >= 11 is 0. The number of rotatable bonds is 7. The maximum atomic E-state index is 12.0. The molecule has 0 saturated heterocycles. The molecule has 1 aromatic carbocycles. The molecule has 3 rings (SSSR count). The number of hydrazine groups is 1. The van der Waals surface area contributed by atoms with Gasteiger partial charge in [-0.25, -0.2) is 9.97 Å². The second-order valence-electron chi connectivity index (χ2n) is 5.25. The van der Waals surface area contributed by atoms with Gasteiger partial charge in [0.25, 0.3) is 0 Å². The molecule has 1 amide bonds. The van der Waals surface area contributed by atoms with Gasteiger partial charge in [0.1, 0.15) is 17.8 Å². The van der Waals surface area contributed by atoms with Crippen molar-refractivity contribution in [1.29, 1.82) is 0 Å². The molecule has 8 heteroatoms. The van der Waals surface area contributed by atoms with Gasteiger partial charge >= 0.3 is 0 Å². The van der Waals surface area contributed by atoms with Crippen molar-refractivity contribution < 1.29 is 9.21 Å². The molecule has 0 unspecified atom stereocenters.